The van der Waals surface area contributed by atoms with Crippen LogP contribution in [0, 0.1) is 12.7 Å². The molecule has 3 heteroatoms. The van der Waals surface area contributed by atoms with Gasteiger partial charge in [0.2, 0.25) is 0 Å². The lowest BCUT2D eigenvalue weighted by molar-refractivity contribution is 0.627. The summed E-state index contributed by atoms with van der Waals surface area (Å²) in [6, 6.07) is 13.2. The van der Waals surface area contributed by atoms with Crippen molar-refractivity contribution in [1.29, 1.82) is 0 Å². The van der Waals surface area contributed by atoms with Gasteiger partial charge in [-0.3, -0.25) is 0 Å². The molecule has 1 N–H and O–H groups in total. The molecule has 0 atom stereocenters. The minimum absolute atomic E-state index is 0.190. The van der Waals surface area contributed by atoms with Crippen LogP contribution in [0.5, 0.6) is 0 Å². The Hall–Kier alpha value is -2.03. The van der Waals surface area contributed by atoms with Crippen molar-refractivity contribution in [3.63, 3.8) is 0 Å². The van der Waals surface area contributed by atoms with Gasteiger partial charge in [0.1, 0.15) is 5.82 Å². The summed E-state index contributed by atoms with van der Waals surface area (Å²) in [5.74, 6) is -0.190. The largest absolute Gasteiger partial charge is 0.381 e. The molecule has 0 unspecified atom stereocenters. The number of nitrogens with zero attached hydrogens (tertiary/aromatic N) is 1. The van der Waals surface area contributed by atoms with Crippen molar-refractivity contribution < 1.29 is 4.39 Å². The summed E-state index contributed by atoms with van der Waals surface area (Å²) in [6.07, 6.45) is 2.59. The highest BCUT2D eigenvalue weighted by atomic mass is 19.1. The lowest BCUT2D eigenvalue weighted by atomic mass is 10.1. The molecule has 1 heterocycles. The summed E-state index contributed by atoms with van der Waals surface area (Å²) < 4.78 is 12.9. The van der Waals surface area contributed by atoms with Crippen molar-refractivity contribution in [3.05, 3.63) is 59.4 Å². The first-order valence-corrected chi connectivity index (χ1v) is 7.56. The number of aryl methyl sites for hydroxylation is 1. The number of halogens is 1. The molecule has 1 aliphatic rings. The van der Waals surface area contributed by atoms with E-state index in [-0.39, 0.29) is 5.82 Å². The van der Waals surface area contributed by atoms with E-state index in [2.05, 4.69) is 35.3 Å². The second-order valence-corrected chi connectivity index (χ2v) is 5.67. The molecule has 21 heavy (non-hydrogen) atoms. The average molecular weight is 284 g/mol. The maximum atomic E-state index is 12.9. The summed E-state index contributed by atoms with van der Waals surface area (Å²) in [5.41, 5.74) is 4.79. The maximum absolute atomic E-state index is 12.9. The van der Waals surface area contributed by atoms with E-state index in [4.69, 9.17) is 0 Å². The Morgan fingerprint density at radius 1 is 1.05 bits per heavy atom. The van der Waals surface area contributed by atoms with Gasteiger partial charge in [-0.1, -0.05) is 12.1 Å². The van der Waals surface area contributed by atoms with E-state index in [1.54, 1.807) is 0 Å². The monoisotopic (exact) mass is 284 g/mol. The van der Waals surface area contributed by atoms with Gasteiger partial charge in [-0.25, -0.2) is 4.39 Å². The summed E-state index contributed by atoms with van der Waals surface area (Å²) in [4.78, 5) is 2.44. The molecule has 0 saturated carbocycles. The highest BCUT2D eigenvalue weighted by molar-refractivity contribution is 5.60. The van der Waals surface area contributed by atoms with Crippen LogP contribution in [0.25, 0.3) is 0 Å². The molecular formula is C18H21FN2. The smallest absolute Gasteiger partial charge is 0.123 e. The van der Waals surface area contributed by atoms with E-state index in [9.17, 15) is 4.39 Å². The van der Waals surface area contributed by atoms with Crippen LogP contribution in [0.2, 0.25) is 0 Å². The minimum Gasteiger partial charge on any atom is -0.381 e. The second kappa shape index (κ2) is 6.17. The molecule has 0 aromatic heterocycles. The molecule has 2 aromatic carbocycles. The number of rotatable bonds is 4. The predicted molar refractivity (Wildman–Crippen MR) is 86.4 cm³/mol. The van der Waals surface area contributed by atoms with E-state index in [1.807, 2.05) is 12.1 Å². The first kappa shape index (κ1) is 13.9. The molecule has 0 bridgehead atoms. The lowest BCUT2D eigenvalue weighted by Gasteiger charge is -2.19. The summed E-state index contributed by atoms with van der Waals surface area (Å²) >= 11 is 0. The third-order valence-electron chi connectivity index (χ3n) is 4.08. The normalized spacial score (nSPS) is 14.5. The van der Waals surface area contributed by atoms with Gasteiger partial charge in [0, 0.05) is 31.0 Å². The van der Waals surface area contributed by atoms with Crippen molar-refractivity contribution in [2.45, 2.75) is 26.3 Å². The van der Waals surface area contributed by atoms with Gasteiger partial charge >= 0.3 is 0 Å². The van der Waals surface area contributed by atoms with Gasteiger partial charge < -0.3 is 10.2 Å². The van der Waals surface area contributed by atoms with E-state index in [0.717, 1.165) is 11.3 Å². The molecule has 2 nitrogen and oxygen atoms in total. The Balaban J connectivity index is 1.66. The zero-order valence-corrected chi connectivity index (χ0v) is 12.4. The molecule has 1 fully saturated rings. The van der Waals surface area contributed by atoms with Gasteiger partial charge in [-0.2, -0.15) is 0 Å². The lowest BCUT2D eigenvalue weighted by Crippen LogP contribution is -2.17. The van der Waals surface area contributed by atoms with E-state index < -0.39 is 0 Å². The van der Waals surface area contributed by atoms with Crippen LogP contribution in [0.1, 0.15) is 24.0 Å². The predicted octanol–water partition coefficient (Wildman–Crippen LogP) is 4.35. The van der Waals surface area contributed by atoms with Crippen LogP contribution in [0.4, 0.5) is 15.8 Å². The molecule has 0 aliphatic carbocycles. The van der Waals surface area contributed by atoms with Crippen molar-refractivity contribution in [2.75, 3.05) is 23.3 Å². The first-order chi connectivity index (χ1) is 10.2. The van der Waals surface area contributed by atoms with Crippen LogP contribution in [-0.2, 0) is 6.54 Å². The van der Waals surface area contributed by atoms with Crippen LogP contribution >= 0.6 is 0 Å². The summed E-state index contributed by atoms with van der Waals surface area (Å²) in [7, 11) is 0. The van der Waals surface area contributed by atoms with E-state index >= 15 is 0 Å². The molecule has 0 spiro atoms. The van der Waals surface area contributed by atoms with Crippen LogP contribution < -0.4 is 10.2 Å². The number of anilines is 2. The fourth-order valence-corrected chi connectivity index (χ4v) is 2.82. The molecular weight excluding hydrogens is 263 g/mol. The van der Waals surface area contributed by atoms with Crippen molar-refractivity contribution >= 4 is 11.4 Å². The fraction of sp³-hybridized carbons (Fsp3) is 0.333. The molecule has 3 rings (SSSR count). The summed E-state index contributed by atoms with van der Waals surface area (Å²) in [5, 5.41) is 3.43. The highest BCUT2D eigenvalue weighted by Gasteiger charge is 2.12. The fourth-order valence-electron chi connectivity index (χ4n) is 2.82. The second-order valence-electron chi connectivity index (χ2n) is 5.67. The standard InChI is InChI=1S/C18H21FN2/c1-14-12-17(21-10-2-3-11-21)8-9-18(14)20-13-15-4-6-16(19)7-5-15/h4-9,12,20H,2-3,10-11,13H2,1H3. The zero-order chi connectivity index (χ0) is 14.7. The zero-order valence-electron chi connectivity index (χ0n) is 12.4. The van der Waals surface area contributed by atoms with Gasteiger partial charge in [0.25, 0.3) is 0 Å². The first-order valence-electron chi connectivity index (χ1n) is 7.56. The highest BCUT2D eigenvalue weighted by Crippen LogP contribution is 2.25. The molecule has 0 radical (unpaired) electrons. The Morgan fingerprint density at radius 3 is 2.43 bits per heavy atom. The molecule has 0 amide bonds. The van der Waals surface area contributed by atoms with Gasteiger partial charge in [-0.05, 0) is 61.2 Å². The molecule has 1 saturated heterocycles. The van der Waals surface area contributed by atoms with Crippen molar-refractivity contribution in [2.24, 2.45) is 0 Å². The topological polar surface area (TPSA) is 15.3 Å². The quantitative estimate of drug-likeness (QED) is 0.898. The van der Waals surface area contributed by atoms with E-state index in [1.165, 1.54) is 49.3 Å². The van der Waals surface area contributed by atoms with Gasteiger partial charge in [-0.15, -0.1) is 0 Å². The molecule has 2 aromatic rings. The Labute approximate surface area is 125 Å². The van der Waals surface area contributed by atoms with Crippen LogP contribution in [-0.4, -0.2) is 13.1 Å². The Morgan fingerprint density at radius 2 is 1.76 bits per heavy atom. The Kier molecular flexibility index (Phi) is 4.09. The van der Waals surface area contributed by atoms with Crippen LogP contribution in [0.3, 0.4) is 0 Å². The third kappa shape index (κ3) is 3.35. The van der Waals surface area contributed by atoms with Crippen molar-refractivity contribution in [3.8, 4) is 0 Å². The average Bonchev–Trinajstić information content (AvgIpc) is 3.02. The third-order valence-corrected chi connectivity index (χ3v) is 4.08. The number of hydrogen-bond acceptors (Lipinski definition) is 2. The van der Waals surface area contributed by atoms with Gasteiger partial charge in [0.05, 0.1) is 0 Å². The van der Waals surface area contributed by atoms with Crippen molar-refractivity contribution in [1.82, 2.24) is 0 Å². The molecule has 1 aliphatic heterocycles. The number of benzene rings is 2. The Bertz CT molecular complexity index is 601. The molecule has 110 valence electrons. The number of nitrogens with one attached hydrogen (secondary N) is 1. The minimum atomic E-state index is -0.190. The SMILES string of the molecule is Cc1cc(N2CCCC2)ccc1NCc1ccc(F)cc1. The maximum Gasteiger partial charge on any atom is 0.123 e. The summed E-state index contributed by atoms with van der Waals surface area (Å²) in [6.45, 7) is 5.18. The number of hydrogen-bond donors (Lipinski definition) is 1. The van der Waals surface area contributed by atoms with Gasteiger partial charge in [0.15, 0.2) is 0 Å². The van der Waals surface area contributed by atoms with Crippen LogP contribution in [0.15, 0.2) is 42.5 Å². The van der Waals surface area contributed by atoms with E-state index in [0.29, 0.717) is 6.54 Å².